The van der Waals surface area contributed by atoms with Gasteiger partial charge in [-0.25, -0.2) is 14.0 Å². The zero-order valence-electron chi connectivity index (χ0n) is 14.5. The van der Waals surface area contributed by atoms with E-state index >= 15 is 0 Å². The van der Waals surface area contributed by atoms with Crippen molar-refractivity contribution in [1.82, 2.24) is 15.0 Å². The first-order valence-corrected chi connectivity index (χ1v) is 8.35. The van der Waals surface area contributed by atoms with Crippen LogP contribution in [0.1, 0.15) is 42.1 Å². The minimum atomic E-state index is -1.36. The van der Waals surface area contributed by atoms with E-state index in [-0.39, 0.29) is 23.4 Å². The summed E-state index contributed by atoms with van der Waals surface area (Å²) < 4.78 is 24.8. The van der Waals surface area contributed by atoms with Crippen LogP contribution in [0, 0.1) is 5.82 Å². The van der Waals surface area contributed by atoms with Gasteiger partial charge in [0.25, 0.3) is 5.89 Å². The van der Waals surface area contributed by atoms with Crippen molar-refractivity contribution in [2.24, 2.45) is 0 Å². The summed E-state index contributed by atoms with van der Waals surface area (Å²) in [5.74, 6) is -1.92. The number of hydrogen-bond donors (Lipinski definition) is 2. The third kappa shape index (κ3) is 4.22. The van der Waals surface area contributed by atoms with E-state index in [0.717, 1.165) is 12.1 Å². The number of rotatable bonds is 5. The molecule has 0 bridgehead atoms. The summed E-state index contributed by atoms with van der Waals surface area (Å²) in [7, 11) is 0. The summed E-state index contributed by atoms with van der Waals surface area (Å²) in [6, 6.07) is 3.57. The number of piperidine rings is 1. The first kappa shape index (κ1) is 18.8. The lowest BCUT2D eigenvalue weighted by atomic mass is 10.1. The van der Waals surface area contributed by atoms with Crippen molar-refractivity contribution < 1.29 is 33.5 Å². The monoisotopic (exact) mass is 379 g/mol. The Balaban J connectivity index is 1.64. The number of halogens is 1. The number of aromatic nitrogens is 2. The summed E-state index contributed by atoms with van der Waals surface area (Å²) in [6.07, 6.45) is -0.447. The number of amides is 1. The van der Waals surface area contributed by atoms with E-state index in [9.17, 15) is 14.0 Å². The van der Waals surface area contributed by atoms with Crippen molar-refractivity contribution in [1.29, 1.82) is 0 Å². The van der Waals surface area contributed by atoms with Crippen molar-refractivity contribution >= 4 is 12.1 Å². The SMILES string of the molecule is CC(OC1CCN(C(=O)O)CC1)c1nc(-c2ccc(C(=O)O)c(F)c2)no1. The molecule has 1 unspecified atom stereocenters. The zero-order valence-corrected chi connectivity index (χ0v) is 14.5. The van der Waals surface area contributed by atoms with E-state index in [1.807, 2.05) is 0 Å². The Kier molecular flexibility index (Phi) is 5.36. The van der Waals surface area contributed by atoms with Crippen LogP contribution in [0.3, 0.4) is 0 Å². The standard InChI is InChI=1S/C17H18FN3O6/c1-9(26-11-4-6-21(7-5-11)17(24)25)15-19-14(20-27-15)10-2-3-12(16(22)23)13(18)8-10/h2-3,8-9,11H,4-7H2,1H3,(H,22,23)(H,24,25). The molecule has 1 aliphatic rings. The molecule has 2 N–H and O–H groups in total. The van der Waals surface area contributed by atoms with Crippen molar-refractivity contribution in [2.45, 2.75) is 32.0 Å². The van der Waals surface area contributed by atoms with Crippen LogP contribution in [0.25, 0.3) is 11.4 Å². The average Bonchev–Trinajstić information content (AvgIpc) is 3.12. The topological polar surface area (TPSA) is 126 Å². The predicted octanol–water partition coefficient (Wildman–Crippen LogP) is 2.79. The molecule has 1 amide bonds. The molecule has 1 saturated heterocycles. The van der Waals surface area contributed by atoms with Gasteiger partial charge in [-0.3, -0.25) is 0 Å². The number of aromatic carboxylic acids is 1. The molecule has 1 aromatic carbocycles. The van der Waals surface area contributed by atoms with Gasteiger partial charge in [0.05, 0.1) is 11.7 Å². The lowest BCUT2D eigenvalue weighted by Crippen LogP contribution is -2.40. The number of nitrogens with zero attached hydrogens (tertiary/aromatic N) is 3. The molecule has 2 aromatic rings. The second-order valence-corrected chi connectivity index (χ2v) is 6.20. The van der Waals surface area contributed by atoms with Crippen molar-refractivity contribution in [3.05, 3.63) is 35.5 Å². The smallest absolute Gasteiger partial charge is 0.407 e. The summed E-state index contributed by atoms with van der Waals surface area (Å²) in [5.41, 5.74) is -0.152. The van der Waals surface area contributed by atoms with Crippen LogP contribution in [-0.2, 0) is 4.74 Å². The normalized spacial score (nSPS) is 16.3. The van der Waals surface area contributed by atoms with Crippen molar-refractivity contribution in [3.8, 4) is 11.4 Å². The van der Waals surface area contributed by atoms with E-state index in [0.29, 0.717) is 25.9 Å². The fourth-order valence-corrected chi connectivity index (χ4v) is 2.88. The number of ether oxygens (including phenoxy) is 1. The molecule has 0 aliphatic carbocycles. The molecular formula is C17H18FN3O6. The van der Waals surface area contributed by atoms with Gasteiger partial charge in [-0.1, -0.05) is 5.16 Å². The maximum absolute atomic E-state index is 13.8. The second-order valence-electron chi connectivity index (χ2n) is 6.20. The van der Waals surface area contributed by atoms with Gasteiger partial charge in [-0.2, -0.15) is 4.98 Å². The number of hydrogen-bond acceptors (Lipinski definition) is 6. The average molecular weight is 379 g/mol. The van der Waals surface area contributed by atoms with Gasteiger partial charge in [0.15, 0.2) is 0 Å². The molecular weight excluding hydrogens is 361 g/mol. The minimum absolute atomic E-state index is 0.122. The van der Waals surface area contributed by atoms with Crippen molar-refractivity contribution in [2.75, 3.05) is 13.1 Å². The molecule has 10 heteroatoms. The number of carbonyl (C=O) groups is 2. The van der Waals surface area contributed by atoms with Gasteiger partial charge >= 0.3 is 12.1 Å². The summed E-state index contributed by atoms with van der Waals surface area (Å²) in [4.78, 5) is 27.3. The first-order valence-electron chi connectivity index (χ1n) is 8.35. The Morgan fingerprint density at radius 3 is 2.63 bits per heavy atom. The van der Waals surface area contributed by atoms with E-state index in [1.165, 1.54) is 11.0 Å². The van der Waals surface area contributed by atoms with Gasteiger partial charge in [0.2, 0.25) is 5.82 Å². The molecule has 144 valence electrons. The van der Waals surface area contributed by atoms with E-state index in [1.54, 1.807) is 6.92 Å². The van der Waals surface area contributed by atoms with Gasteiger partial charge in [0, 0.05) is 18.7 Å². The fraction of sp³-hybridized carbons (Fsp3) is 0.412. The zero-order chi connectivity index (χ0) is 19.6. The lowest BCUT2D eigenvalue weighted by Gasteiger charge is -2.30. The molecule has 27 heavy (non-hydrogen) atoms. The number of likely N-dealkylation sites (tertiary alicyclic amines) is 1. The molecule has 1 aliphatic heterocycles. The van der Waals surface area contributed by atoms with Gasteiger partial charge < -0.3 is 24.4 Å². The van der Waals surface area contributed by atoms with Crippen LogP contribution in [-0.4, -0.2) is 56.5 Å². The predicted molar refractivity (Wildman–Crippen MR) is 88.8 cm³/mol. The molecule has 9 nitrogen and oxygen atoms in total. The molecule has 3 rings (SSSR count). The minimum Gasteiger partial charge on any atom is -0.478 e. The third-order valence-corrected chi connectivity index (χ3v) is 4.36. The first-order chi connectivity index (χ1) is 12.8. The Bertz CT molecular complexity index is 847. The van der Waals surface area contributed by atoms with Gasteiger partial charge in [0.1, 0.15) is 11.9 Å². The number of carboxylic acids is 1. The third-order valence-electron chi connectivity index (χ3n) is 4.36. The van der Waals surface area contributed by atoms with Crippen LogP contribution in [0.2, 0.25) is 0 Å². The summed E-state index contributed by atoms with van der Waals surface area (Å²) in [6.45, 7) is 2.53. The highest BCUT2D eigenvalue weighted by molar-refractivity contribution is 5.88. The molecule has 1 aromatic heterocycles. The van der Waals surface area contributed by atoms with Crippen LogP contribution in [0.4, 0.5) is 9.18 Å². The molecule has 2 heterocycles. The molecule has 1 fully saturated rings. The largest absolute Gasteiger partial charge is 0.478 e. The summed E-state index contributed by atoms with van der Waals surface area (Å²) >= 11 is 0. The van der Waals surface area contributed by atoms with Crippen LogP contribution in [0.5, 0.6) is 0 Å². The van der Waals surface area contributed by atoms with Gasteiger partial charge in [-0.15, -0.1) is 0 Å². The lowest BCUT2D eigenvalue weighted by molar-refractivity contribution is -0.0451. The Morgan fingerprint density at radius 1 is 1.33 bits per heavy atom. The highest BCUT2D eigenvalue weighted by Crippen LogP contribution is 2.25. The van der Waals surface area contributed by atoms with Crippen LogP contribution in [0.15, 0.2) is 22.7 Å². The summed E-state index contributed by atoms with van der Waals surface area (Å²) in [5, 5.41) is 21.6. The second kappa shape index (κ2) is 7.70. The quantitative estimate of drug-likeness (QED) is 0.812. The van der Waals surface area contributed by atoms with E-state index in [2.05, 4.69) is 10.1 Å². The van der Waals surface area contributed by atoms with E-state index < -0.39 is 29.5 Å². The van der Waals surface area contributed by atoms with Gasteiger partial charge in [-0.05, 0) is 38.0 Å². The number of carboxylic acid groups (broad SMARTS) is 2. The van der Waals surface area contributed by atoms with Crippen LogP contribution >= 0.6 is 0 Å². The Morgan fingerprint density at radius 2 is 2.04 bits per heavy atom. The molecule has 0 saturated carbocycles. The van der Waals surface area contributed by atoms with Crippen molar-refractivity contribution in [3.63, 3.8) is 0 Å². The highest BCUT2D eigenvalue weighted by Gasteiger charge is 2.26. The number of benzene rings is 1. The molecule has 0 radical (unpaired) electrons. The maximum atomic E-state index is 13.8. The highest BCUT2D eigenvalue weighted by atomic mass is 19.1. The maximum Gasteiger partial charge on any atom is 0.407 e. The molecule has 0 spiro atoms. The Labute approximate surface area is 153 Å². The van der Waals surface area contributed by atoms with Crippen LogP contribution < -0.4 is 0 Å². The molecule has 1 atom stereocenters. The fourth-order valence-electron chi connectivity index (χ4n) is 2.88. The van der Waals surface area contributed by atoms with E-state index in [4.69, 9.17) is 19.5 Å². The Hall–Kier alpha value is -3.01.